The van der Waals surface area contributed by atoms with E-state index in [1.807, 2.05) is 0 Å². The van der Waals surface area contributed by atoms with Gasteiger partial charge in [-0.3, -0.25) is 0 Å². The first kappa shape index (κ1) is 13.9. The zero-order chi connectivity index (χ0) is 11.2. The Bertz CT molecular complexity index is 138. The van der Waals surface area contributed by atoms with Gasteiger partial charge in [0.05, 0.1) is 6.10 Å². The van der Waals surface area contributed by atoms with Gasteiger partial charge in [-0.15, -0.1) is 0 Å². The molecule has 2 nitrogen and oxygen atoms in total. The van der Waals surface area contributed by atoms with E-state index in [4.69, 9.17) is 4.74 Å². The summed E-state index contributed by atoms with van der Waals surface area (Å²) in [6.07, 6.45) is 1.44. The highest BCUT2D eigenvalue weighted by Gasteiger charge is 2.13. The standard InChI is InChI=1S/C12H27NO/c1-7-11(14-9-10(2)3)8-13-12(4,5)6/h10-11,13H,7-9H2,1-6H3. The van der Waals surface area contributed by atoms with Crippen molar-refractivity contribution in [3.8, 4) is 0 Å². The molecule has 0 fully saturated rings. The van der Waals surface area contributed by atoms with Crippen LogP contribution in [-0.4, -0.2) is 24.8 Å². The van der Waals surface area contributed by atoms with Gasteiger partial charge in [0.15, 0.2) is 0 Å². The number of ether oxygens (including phenoxy) is 1. The van der Waals surface area contributed by atoms with Gasteiger partial charge < -0.3 is 10.1 Å². The normalized spacial score (nSPS) is 14.8. The molecule has 86 valence electrons. The molecule has 2 heteroatoms. The summed E-state index contributed by atoms with van der Waals surface area (Å²) in [7, 11) is 0. The Hall–Kier alpha value is -0.0800. The first-order chi connectivity index (χ1) is 6.35. The fourth-order valence-electron chi connectivity index (χ4n) is 1.07. The van der Waals surface area contributed by atoms with Crippen molar-refractivity contribution in [2.24, 2.45) is 5.92 Å². The molecule has 0 aliphatic carbocycles. The molecule has 14 heavy (non-hydrogen) atoms. The summed E-state index contributed by atoms with van der Waals surface area (Å²) in [5.74, 6) is 0.624. The van der Waals surface area contributed by atoms with E-state index in [-0.39, 0.29) is 5.54 Å². The number of nitrogens with one attached hydrogen (secondary N) is 1. The van der Waals surface area contributed by atoms with Gasteiger partial charge in [0, 0.05) is 18.7 Å². The van der Waals surface area contributed by atoms with Gasteiger partial charge in [0.25, 0.3) is 0 Å². The summed E-state index contributed by atoms with van der Waals surface area (Å²) in [6.45, 7) is 14.9. The smallest absolute Gasteiger partial charge is 0.0697 e. The van der Waals surface area contributed by atoms with Crippen molar-refractivity contribution in [1.29, 1.82) is 0 Å². The first-order valence-electron chi connectivity index (χ1n) is 5.71. The van der Waals surface area contributed by atoms with Crippen LogP contribution in [-0.2, 0) is 4.74 Å². The summed E-state index contributed by atoms with van der Waals surface area (Å²) in [4.78, 5) is 0. The molecule has 1 N–H and O–H groups in total. The topological polar surface area (TPSA) is 21.3 Å². The summed E-state index contributed by atoms with van der Waals surface area (Å²) >= 11 is 0. The van der Waals surface area contributed by atoms with E-state index in [0.717, 1.165) is 19.6 Å². The minimum absolute atomic E-state index is 0.189. The van der Waals surface area contributed by atoms with E-state index in [1.54, 1.807) is 0 Å². The second-order valence-electron chi connectivity index (χ2n) is 5.39. The van der Waals surface area contributed by atoms with E-state index >= 15 is 0 Å². The van der Waals surface area contributed by atoms with Crippen molar-refractivity contribution >= 4 is 0 Å². The molecular weight excluding hydrogens is 174 g/mol. The monoisotopic (exact) mass is 201 g/mol. The summed E-state index contributed by atoms with van der Waals surface area (Å²) in [6, 6.07) is 0. The predicted octanol–water partition coefficient (Wildman–Crippen LogP) is 2.83. The highest BCUT2D eigenvalue weighted by atomic mass is 16.5. The fourth-order valence-corrected chi connectivity index (χ4v) is 1.07. The molecular formula is C12H27NO. The Kier molecular flexibility index (Phi) is 6.38. The Labute approximate surface area is 89.4 Å². The lowest BCUT2D eigenvalue weighted by atomic mass is 10.1. The second kappa shape index (κ2) is 6.41. The van der Waals surface area contributed by atoms with Gasteiger partial charge >= 0.3 is 0 Å². The average Bonchev–Trinajstić information content (AvgIpc) is 2.02. The van der Waals surface area contributed by atoms with E-state index in [2.05, 4.69) is 46.9 Å². The maximum absolute atomic E-state index is 5.79. The van der Waals surface area contributed by atoms with Crippen LogP contribution in [0.2, 0.25) is 0 Å². The molecule has 0 aliphatic heterocycles. The van der Waals surface area contributed by atoms with Gasteiger partial charge in [-0.2, -0.15) is 0 Å². The van der Waals surface area contributed by atoms with Crippen LogP contribution in [0.25, 0.3) is 0 Å². The molecule has 0 saturated carbocycles. The lowest BCUT2D eigenvalue weighted by molar-refractivity contribution is 0.0304. The summed E-state index contributed by atoms with van der Waals surface area (Å²) < 4.78 is 5.79. The largest absolute Gasteiger partial charge is 0.377 e. The molecule has 0 aromatic rings. The summed E-state index contributed by atoms with van der Waals surface area (Å²) in [5.41, 5.74) is 0.189. The minimum atomic E-state index is 0.189. The molecule has 0 aromatic carbocycles. The molecule has 0 saturated heterocycles. The molecule has 0 spiro atoms. The van der Waals surface area contributed by atoms with Crippen molar-refractivity contribution in [1.82, 2.24) is 5.32 Å². The molecule has 0 aromatic heterocycles. The van der Waals surface area contributed by atoms with Crippen LogP contribution in [0.15, 0.2) is 0 Å². The van der Waals surface area contributed by atoms with Crippen molar-refractivity contribution in [2.45, 2.75) is 59.6 Å². The molecule has 0 radical (unpaired) electrons. The van der Waals surface area contributed by atoms with Crippen LogP contribution in [0.4, 0.5) is 0 Å². The Morgan fingerprint density at radius 1 is 1.21 bits per heavy atom. The van der Waals surface area contributed by atoms with Gasteiger partial charge in [0.2, 0.25) is 0 Å². The Morgan fingerprint density at radius 2 is 1.79 bits per heavy atom. The van der Waals surface area contributed by atoms with E-state index in [1.165, 1.54) is 0 Å². The first-order valence-corrected chi connectivity index (χ1v) is 5.71. The third-order valence-electron chi connectivity index (χ3n) is 1.98. The lowest BCUT2D eigenvalue weighted by Crippen LogP contribution is -2.41. The quantitative estimate of drug-likeness (QED) is 0.713. The Morgan fingerprint density at radius 3 is 2.14 bits per heavy atom. The lowest BCUT2D eigenvalue weighted by Gasteiger charge is -2.25. The van der Waals surface area contributed by atoms with Gasteiger partial charge in [-0.25, -0.2) is 0 Å². The third-order valence-corrected chi connectivity index (χ3v) is 1.98. The van der Waals surface area contributed by atoms with Crippen molar-refractivity contribution < 1.29 is 4.74 Å². The molecule has 0 bridgehead atoms. The second-order valence-corrected chi connectivity index (χ2v) is 5.39. The molecule has 0 rings (SSSR count). The van der Waals surface area contributed by atoms with E-state index in [0.29, 0.717) is 12.0 Å². The van der Waals surface area contributed by atoms with Crippen LogP contribution in [0.5, 0.6) is 0 Å². The van der Waals surface area contributed by atoms with Crippen molar-refractivity contribution in [2.75, 3.05) is 13.2 Å². The highest BCUT2D eigenvalue weighted by molar-refractivity contribution is 4.73. The number of hydrogen-bond donors (Lipinski definition) is 1. The third kappa shape index (κ3) is 8.52. The Balaban J connectivity index is 3.69. The fraction of sp³-hybridized carbons (Fsp3) is 1.00. The zero-order valence-electron chi connectivity index (χ0n) is 10.7. The SMILES string of the molecule is CCC(CNC(C)(C)C)OCC(C)C. The van der Waals surface area contributed by atoms with E-state index < -0.39 is 0 Å². The number of rotatable bonds is 6. The predicted molar refractivity (Wildman–Crippen MR) is 62.6 cm³/mol. The molecule has 0 aliphatic rings. The van der Waals surface area contributed by atoms with Crippen LogP contribution >= 0.6 is 0 Å². The maximum Gasteiger partial charge on any atom is 0.0697 e. The number of hydrogen-bond acceptors (Lipinski definition) is 2. The molecule has 0 heterocycles. The molecule has 1 unspecified atom stereocenters. The van der Waals surface area contributed by atoms with Gasteiger partial charge in [-0.1, -0.05) is 20.8 Å². The molecule has 1 atom stereocenters. The average molecular weight is 201 g/mol. The zero-order valence-corrected chi connectivity index (χ0v) is 10.7. The van der Waals surface area contributed by atoms with Crippen molar-refractivity contribution in [3.05, 3.63) is 0 Å². The van der Waals surface area contributed by atoms with Crippen LogP contribution in [0.1, 0.15) is 48.0 Å². The van der Waals surface area contributed by atoms with Crippen molar-refractivity contribution in [3.63, 3.8) is 0 Å². The maximum atomic E-state index is 5.79. The molecule has 0 amide bonds. The van der Waals surface area contributed by atoms with Crippen LogP contribution in [0.3, 0.4) is 0 Å². The van der Waals surface area contributed by atoms with E-state index in [9.17, 15) is 0 Å². The van der Waals surface area contributed by atoms with Crippen LogP contribution in [0, 0.1) is 5.92 Å². The minimum Gasteiger partial charge on any atom is -0.377 e. The van der Waals surface area contributed by atoms with Crippen LogP contribution < -0.4 is 5.32 Å². The highest BCUT2D eigenvalue weighted by Crippen LogP contribution is 2.04. The summed E-state index contributed by atoms with van der Waals surface area (Å²) in [5, 5.41) is 3.47. The van der Waals surface area contributed by atoms with Gasteiger partial charge in [0.1, 0.15) is 0 Å². The van der Waals surface area contributed by atoms with Gasteiger partial charge in [-0.05, 0) is 33.1 Å².